The maximum absolute atomic E-state index is 12.1. The van der Waals surface area contributed by atoms with Gasteiger partial charge in [-0.2, -0.15) is 0 Å². The number of hydrogen-bond donors (Lipinski definition) is 2. The number of aromatic nitrogens is 1. The molecule has 1 aromatic heterocycles. The number of aromatic hydroxyl groups is 1. The summed E-state index contributed by atoms with van der Waals surface area (Å²) in [6.45, 7) is 1.66. The fourth-order valence-electron chi connectivity index (χ4n) is 2.39. The topological polar surface area (TPSA) is 87.0 Å². The Morgan fingerprint density at radius 1 is 1.11 bits per heavy atom. The fraction of sp³-hybridized carbons (Fsp3) is 0.118. The Morgan fingerprint density at radius 2 is 1.78 bits per heavy atom. The second-order valence-corrected chi connectivity index (χ2v) is 9.05. The van der Waals surface area contributed by atoms with E-state index in [1.165, 1.54) is 0 Å². The van der Waals surface area contributed by atoms with E-state index < -0.39 is 5.91 Å². The maximum atomic E-state index is 12.1. The molecule has 0 unspecified atom stereocenters. The van der Waals surface area contributed by atoms with Gasteiger partial charge in [0.1, 0.15) is 5.75 Å². The van der Waals surface area contributed by atoms with E-state index in [2.05, 4.69) is 78.9 Å². The molecule has 0 saturated heterocycles. The van der Waals surface area contributed by atoms with Gasteiger partial charge in [0.25, 0.3) is 0 Å². The van der Waals surface area contributed by atoms with Gasteiger partial charge in [0.2, 0.25) is 5.88 Å². The van der Waals surface area contributed by atoms with E-state index in [1.807, 2.05) is 25.1 Å². The Hall–Kier alpha value is -1.23. The van der Waals surface area contributed by atoms with Gasteiger partial charge < -0.3 is 14.8 Å². The number of fused-ring (bicyclic) bond motifs is 1. The minimum atomic E-state index is -0.586. The SMILES string of the molecule is Cc1cc(Br)c(OCC(=O)N=Nc2c(O)[nH]c3c(Br)cc(Br)cc23)c(Br)c1. The van der Waals surface area contributed by atoms with Gasteiger partial charge in [0.15, 0.2) is 12.3 Å². The minimum Gasteiger partial charge on any atom is -0.493 e. The van der Waals surface area contributed by atoms with Crippen LogP contribution in [0, 0.1) is 6.92 Å². The van der Waals surface area contributed by atoms with Crippen molar-refractivity contribution in [3.63, 3.8) is 0 Å². The number of carbonyl (C=O) groups is 1. The molecule has 1 amide bonds. The van der Waals surface area contributed by atoms with E-state index in [0.717, 1.165) is 23.5 Å². The number of nitrogens with one attached hydrogen (secondary N) is 1. The van der Waals surface area contributed by atoms with Crippen molar-refractivity contribution < 1.29 is 14.6 Å². The highest BCUT2D eigenvalue weighted by atomic mass is 79.9. The number of aryl methyl sites for hydroxylation is 1. The summed E-state index contributed by atoms with van der Waals surface area (Å²) in [7, 11) is 0. The first-order chi connectivity index (χ1) is 12.8. The zero-order valence-corrected chi connectivity index (χ0v) is 20.0. The normalized spacial score (nSPS) is 11.4. The third kappa shape index (κ3) is 4.61. The van der Waals surface area contributed by atoms with Crippen molar-refractivity contribution in [1.82, 2.24) is 4.98 Å². The average molecular weight is 625 g/mol. The van der Waals surface area contributed by atoms with Crippen LogP contribution < -0.4 is 4.74 Å². The largest absolute Gasteiger partial charge is 0.493 e. The minimum absolute atomic E-state index is 0.176. The van der Waals surface area contributed by atoms with Gasteiger partial charge in [-0.3, -0.25) is 4.79 Å². The molecule has 0 fully saturated rings. The Kier molecular flexibility index (Phi) is 6.39. The first-order valence-corrected chi connectivity index (χ1v) is 10.7. The summed E-state index contributed by atoms with van der Waals surface area (Å²) in [5, 5.41) is 18.2. The van der Waals surface area contributed by atoms with Gasteiger partial charge in [0, 0.05) is 14.3 Å². The van der Waals surface area contributed by atoms with E-state index >= 15 is 0 Å². The van der Waals surface area contributed by atoms with Gasteiger partial charge >= 0.3 is 5.91 Å². The van der Waals surface area contributed by atoms with Gasteiger partial charge in [-0.25, -0.2) is 0 Å². The van der Waals surface area contributed by atoms with Crippen molar-refractivity contribution in [2.45, 2.75) is 6.92 Å². The lowest BCUT2D eigenvalue weighted by Crippen LogP contribution is -2.08. The second-order valence-electron chi connectivity index (χ2n) is 5.57. The molecule has 0 spiro atoms. The van der Waals surface area contributed by atoms with Crippen LogP contribution >= 0.6 is 63.7 Å². The molecular weight excluding hydrogens is 614 g/mol. The molecule has 2 aromatic carbocycles. The molecule has 140 valence electrons. The number of H-pyrrole nitrogens is 1. The highest BCUT2D eigenvalue weighted by Crippen LogP contribution is 2.40. The lowest BCUT2D eigenvalue weighted by Gasteiger charge is -2.09. The first kappa shape index (κ1) is 20.5. The highest BCUT2D eigenvalue weighted by Gasteiger charge is 2.15. The Morgan fingerprint density at radius 3 is 2.44 bits per heavy atom. The zero-order chi connectivity index (χ0) is 19.7. The summed E-state index contributed by atoms with van der Waals surface area (Å²) in [5.74, 6) is -0.255. The summed E-state index contributed by atoms with van der Waals surface area (Å²) in [6.07, 6.45) is 0. The van der Waals surface area contributed by atoms with Crippen molar-refractivity contribution in [3.05, 3.63) is 47.7 Å². The molecule has 0 aliphatic heterocycles. The fourth-order valence-corrected chi connectivity index (χ4v) is 5.36. The smallest absolute Gasteiger partial charge is 0.302 e. The molecule has 0 aliphatic carbocycles. The molecule has 0 saturated carbocycles. The van der Waals surface area contributed by atoms with Crippen LogP contribution in [0.15, 0.2) is 52.4 Å². The number of carbonyl (C=O) groups excluding carboxylic acids is 1. The third-order valence-electron chi connectivity index (χ3n) is 3.52. The Balaban J connectivity index is 1.78. The molecule has 0 radical (unpaired) electrons. The van der Waals surface area contributed by atoms with Crippen molar-refractivity contribution in [1.29, 1.82) is 0 Å². The molecular formula is C17H11Br4N3O3. The van der Waals surface area contributed by atoms with Crippen LogP contribution in [0.3, 0.4) is 0 Å². The van der Waals surface area contributed by atoms with Crippen molar-refractivity contribution >= 4 is 86.2 Å². The van der Waals surface area contributed by atoms with Crippen LogP contribution in [-0.4, -0.2) is 22.6 Å². The summed E-state index contributed by atoms with van der Waals surface area (Å²) in [4.78, 5) is 14.9. The van der Waals surface area contributed by atoms with Crippen molar-refractivity contribution in [2.75, 3.05) is 6.61 Å². The molecule has 1 heterocycles. The Labute approximate surface area is 187 Å². The quantitative estimate of drug-likeness (QED) is 0.309. The summed E-state index contributed by atoms with van der Waals surface area (Å²) in [6, 6.07) is 7.36. The molecule has 0 aliphatic rings. The van der Waals surface area contributed by atoms with E-state index in [1.54, 1.807) is 6.07 Å². The van der Waals surface area contributed by atoms with Gasteiger partial charge in [0.05, 0.1) is 14.5 Å². The van der Waals surface area contributed by atoms with Gasteiger partial charge in [-0.05, 0) is 84.5 Å². The van der Waals surface area contributed by atoms with Gasteiger partial charge in [-0.1, -0.05) is 15.9 Å². The molecule has 3 aromatic rings. The van der Waals surface area contributed by atoms with Crippen LogP contribution in [0.5, 0.6) is 11.6 Å². The van der Waals surface area contributed by atoms with Crippen LogP contribution in [0.2, 0.25) is 0 Å². The molecule has 3 rings (SSSR count). The molecule has 2 N–H and O–H groups in total. The monoisotopic (exact) mass is 621 g/mol. The van der Waals surface area contributed by atoms with Gasteiger partial charge in [-0.15, -0.1) is 10.2 Å². The predicted octanol–water partition coefficient (Wildman–Crippen LogP) is 6.92. The maximum Gasteiger partial charge on any atom is 0.302 e. The summed E-state index contributed by atoms with van der Waals surface area (Å²) in [5.41, 5.74) is 1.87. The second kappa shape index (κ2) is 8.42. The number of halogens is 4. The van der Waals surface area contributed by atoms with E-state index in [4.69, 9.17) is 4.74 Å². The summed E-state index contributed by atoms with van der Waals surface area (Å²) < 4.78 is 8.51. The number of rotatable bonds is 4. The molecule has 10 heteroatoms. The molecule has 0 bridgehead atoms. The number of amides is 1. The summed E-state index contributed by atoms with van der Waals surface area (Å²) >= 11 is 13.6. The van der Waals surface area contributed by atoms with E-state index in [0.29, 0.717) is 16.7 Å². The average Bonchev–Trinajstić information content (AvgIpc) is 2.88. The van der Waals surface area contributed by atoms with Crippen molar-refractivity contribution in [3.8, 4) is 11.6 Å². The van der Waals surface area contributed by atoms with Crippen LogP contribution in [0.25, 0.3) is 10.9 Å². The lowest BCUT2D eigenvalue weighted by atomic mass is 10.2. The number of aromatic amines is 1. The standard InChI is InChI=1S/C17H11Br4N3O3/c1-7-2-11(20)16(12(21)3-7)27-6-13(25)23-24-15-9-4-8(18)5-10(19)14(9)22-17(15)26/h2-5,22,26H,6H2,1H3. The van der Waals surface area contributed by atoms with Crippen LogP contribution in [0.4, 0.5) is 5.69 Å². The van der Waals surface area contributed by atoms with Crippen LogP contribution in [0.1, 0.15) is 5.56 Å². The number of hydrogen-bond acceptors (Lipinski definition) is 4. The molecule has 6 nitrogen and oxygen atoms in total. The Bertz CT molecular complexity index is 1060. The first-order valence-electron chi connectivity index (χ1n) is 7.49. The van der Waals surface area contributed by atoms with Crippen molar-refractivity contribution in [2.24, 2.45) is 10.2 Å². The number of benzene rings is 2. The highest BCUT2D eigenvalue weighted by molar-refractivity contribution is 9.11. The van der Waals surface area contributed by atoms with Crippen LogP contribution in [-0.2, 0) is 4.79 Å². The lowest BCUT2D eigenvalue weighted by molar-refractivity contribution is -0.120. The number of ether oxygens (including phenoxy) is 1. The number of nitrogens with zero attached hydrogens (tertiary/aromatic N) is 2. The molecule has 0 atom stereocenters. The predicted molar refractivity (Wildman–Crippen MR) is 117 cm³/mol. The van der Waals surface area contributed by atoms with E-state index in [9.17, 15) is 9.90 Å². The third-order valence-corrected chi connectivity index (χ3v) is 5.78. The number of azo groups is 1. The zero-order valence-electron chi connectivity index (χ0n) is 13.7. The van der Waals surface area contributed by atoms with E-state index in [-0.39, 0.29) is 18.2 Å². The molecule has 27 heavy (non-hydrogen) atoms.